The molecule has 0 heterocycles. The molecule has 2 N–H and O–H groups in total. The van der Waals surface area contributed by atoms with Crippen molar-refractivity contribution in [3.05, 3.63) is 35.7 Å². The predicted octanol–water partition coefficient (Wildman–Crippen LogP) is 8.29. The van der Waals surface area contributed by atoms with E-state index in [1.807, 2.05) is 12.1 Å². The third kappa shape index (κ3) is 16.1. The molecule has 0 saturated carbocycles. The zero-order valence-electron chi connectivity index (χ0n) is 20.6. The Morgan fingerprint density at radius 1 is 0.844 bits per heavy atom. The van der Waals surface area contributed by atoms with Crippen LogP contribution in [0.1, 0.15) is 110 Å². The first-order valence-electron chi connectivity index (χ1n) is 13.2. The van der Waals surface area contributed by atoms with Gasteiger partial charge in [-0.15, -0.1) is 0 Å². The number of unbranched alkanes of at least 4 members (excludes halogenated alkanes) is 15. The van der Waals surface area contributed by atoms with E-state index in [1.165, 1.54) is 96.3 Å². The highest BCUT2D eigenvalue weighted by molar-refractivity contribution is 5.57. The maximum absolute atomic E-state index is 9.55. The van der Waals surface area contributed by atoms with Crippen molar-refractivity contribution in [2.24, 2.45) is 0 Å². The molecule has 0 aromatic heterocycles. The van der Waals surface area contributed by atoms with E-state index >= 15 is 0 Å². The summed E-state index contributed by atoms with van der Waals surface area (Å²) in [6.45, 7) is 10.6. The molecule has 0 aliphatic heterocycles. The van der Waals surface area contributed by atoms with Crippen LogP contribution in [-0.4, -0.2) is 31.0 Å². The molecule has 0 radical (unpaired) electrons. The highest BCUT2D eigenvalue weighted by Crippen LogP contribution is 2.18. The molecule has 0 aliphatic carbocycles. The topological polar surface area (TPSA) is 45.9 Å². The van der Waals surface area contributed by atoms with Crippen LogP contribution < -0.4 is 5.32 Å². The van der Waals surface area contributed by atoms with Crippen LogP contribution in [0.25, 0.3) is 4.85 Å². The third-order valence-electron chi connectivity index (χ3n) is 6.03. The summed E-state index contributed by atoms with van der Waals surface area (Å²) in [6.07, 6.45) is 21.9. The van der Waals surface area contributed by atoms with Crippen LogP contribution >= 0.6 is 0 Å². The van der Waals surface area contributed by atoms with Crippen molar-refractivity contribution >= 4 is 11.4 Å². The summed E-state index contributed by atoms with van der Waals surface area (Å²) in [5.41, 5.74) is 1.45. The number of anilines is 1. The zero-order valence-corrected chi connectivity index (χ0v) is 20.6. The Morgan fingerprint density at radius 3 is 1.88 bits per heavy atom. The minimum Gasteiger partial charge on any atom is -0.394 e. The molecule has 1 atom stereocenters. The molecule has 0 saturated heterocycles. The van der Waals surface area contributed by atoms with Crippen molar-refractivity contribution in [3.63, 3.8) is 0 Å². The number of rotatable bonds is 22. The van der Waals surface area contributed by atoms with E-state index in [-0.39, 0.29) is 12.6 Å². The molecule has 32 heavy (non-hydrogen) atoms. The number of benzene rings is 1. The summed E-state index contributed by atoms with van der Waals surface area (Å²) in [6, 6.07) is 7.19. The highest BCUT2D eigenvalue weighted by Gasteiger charge is 2.07. The van der Waals surface area contributed by atoms with Gasteiger partial charge in [-0.05, 0) is 18.6 Å². The quantitative estimate of drug-likeness (QED) is 0.140. The number of nitrogens with one attached hydrogen (secondary N) is 1. The molecule has 4 heteroatoms. The normalized spacial score (nSPS) is 11.9. The average Bonchev–Trinajstić information content (AvgIpc) is 2.82. The Balaban J connectivity index is 1.86. The summed E-state index contributed by atoms with van der Waals surface area (Å²) in [5, 5.41) is 12.8. The number of aliphatic hydroxyl groups excluding tert-OH is 1. The second kappa shape index (κ2) is 21.3. The molecule has 0 bridgehead atoms. The summed E-state index contributed by atoms with van der Waals surface area (Å²) in [4.78, 5) is 3.43. The Morgan fingerprint density at radius 2 is 1.38 bits per heavy atom. The number of hydrogen-bond acceptors (Lipinski definition) is 3. The van der Waals surface area contributed by atoms with Crippen molar-refractivity contribution in [1.29, 1.82) is 0 Å². The molecule has 0 spiro atoms. The van der Waals surface area contributed by atoms with Gasteiger partial charge in [0.05, 0.1) is 25.8 Å². The number of hydrogen-bond donors (Lipinski definition) is 2. The fourth-order valence-electron chi connectivity index (χ4n) is 4.02. The van der Waals surface area contributed by atoms with E-state index in [0.717, 1.165) is 18.7 Å². The molecule has 0 fully saturated rings. The average molecular weight is 445 g/mol. The van der Waals surface area contributed by atoms with Gasteiger partial charge in [-0.1, -0.05) is 115 Å². The SMILES string of the molecule is [C-]#[N+]c1cccc(N[C@@H](CO)COCCCCCCCCCCCCCCCCCC)c1. The van der Waals surface area contributed by atoms with Gasteiger partial charge in [-0.2, -0.15) is 0 Å². The van der Waals surface area contributed by atoms with E-state index in [0.29, 0.717) is 12.3 Å². The third-order valence-corrected chi connectivity index (χ3v) is 6.03. The largest absolute Gasteiger partial charge is 0.394 e. The molecule has 0 aliphatic rings. The van der Waals surface area contributed by atoms with Crippen molar-refractivity contribution in [1.82, 2.24) is 0 Å². The molecule has 4 nitrogen and oxygen atoms in total. The lowest BCUT2D eigenvalue weighted by Gasteiger charge is -2.18. The molecular weight excluding hydrogens is 396 g/mol. The smallest absolute Gasteiger partial charge is 0.189 e. The second-order valence-corrected chi connectivity index (χ2v) is 9.06. The number of ether oxygens (including phenoxy) is 1. The summed E-state index contributed by atoms with van der Waals surface area (Å²) < 4.78 is 5.75. The standard InChI is InChI=1S/C28H48N2O2/c1-3-4-5-6-7-8-9-10-11-12-13-14-15-16-17-18-22-32-25-28(24-31)30-27-21-19-20-26(23-27)29-2/h19-21,23,28,30-31H,3-18,22,24-25H2,1H3/t28-/m0/s1. The lowest BCUT2D eigenvalue weighted by Crippen LogP contribution is -2.29. The maximum atomic E-state index is 9.55. The van der Waals surface area contributed by atoms with Crippen molar-refractivity contribution < 1.29 is 9.84 Å². The van der Waals surface area contributed by atoms with Crippen molar-refractivity contribution in [3.8, 4) is 0 Å². The van der Waals surface area contributed by atoms with E-state index in [2.05, 4.69) is 17.1 Å². The Bertz CT molecular complexity index is 585. The molecule has 1 aromatic rings. The van der Waals surface area contributed by atoms with Crippen molar-refractivity contribution in [2.75, 3.05) is 25.1 Å². The monoisotopic (exact) mass is 444 g/mol. The fourth-order valence-corrected chi connectivity index (χ4v) is 4.02. The van der Waals surface area contributed by atoms with Crippen LogP contribution in [0.5, 0.6) is 0 Å². The summed E-state index contributed by atoms with van der Waals surface area (Å²) in [5.74, 6) is 0. The number of aliphatic hydroxyl groups is 1. The van der Waals surface area contributed by atoms with Gasteiger partial charge >= 0.3 is 0 Å². The Kier molecular flexibility index (Phi) is 18.9. The first kappa shape index (κ1) is 28.5. The molecule has 1 aromatic carbocycles. The van der Waals surface area contributed by atoms with E-state index < -0.39 is 0 Å². The molecule has 1 rings (SSSR count). The molecule has 0 amide bonds. The lowest BCUT2D eigenvalue weighted by atomic mass is 10.0. The van der Waals surface area contributed by atoms with Gasteiger partial charge in [-0.3, -0.25) is 0 Å². The predicted molar refractivity (Wildman–Crippen MR) is 138 cm³/mol. The van der Waals surface area contributed by atoms with Crippen LogP contribution in [-0.2, 0) is 4.74 Å². The minimum atomic E-state index is -0.142. The Labute approximate surface area is 198 Å². The first-order chi connectivity index (χ1) is 15.8. The molecule has 0 unspecified atom stereocenters. The van der Waals surface area contributed by atoms with Gasteiger partial charge in [0.15, 0.2) is 5.69 Å². The first-order valence-corrected chi connectivity index (χ1v) is 13.2. The van der Waals surface area contributed by atoms with Crippen molar-refractivity contribution in [2.45, 2.75) is 116 Å². The van der Waals surface area contributed by atoms with Gasteiger partial charge in [0, 0.05) is 12.3 Å². The lowest BCUT2D eigenvalue weighted by molar-refractivity contribution is 0.103. The van der Waals surface area contributed by atoms with Gasteiger partial charge in [-0.25, -0.2) is 4.85 Å². The van der Waals surface area contributed by atoms with Gasteiger partial charge in [0.2, 0.25) is 0 Å². The van der Waals surface area contributed by atoms with Gasteiger partial charge < -0.3 is 15.2 Å². The van der Waals surface area contributed by atoms with Crippen LogP contribution in [0.3, 0.4) is 0 Å². The minimum absolute atomic E-state index is 0.0151. The van der Waals surface area contributed by atoms with Gasteiger partial charge in [0.1, 0.15) is 0 Å². The van der Waals surface area contributed by atoms with Crippen LogP contribution in [0.15, 0.2) is 24.3 Å². The van der Waals surface area contributed by atoms with Crippen LogP contribution in [0, 0.1) is 6.57 Å². The summed E-state index contributed by atoms with van der Waals surface area (Å²) >= 11 is 0. The van der Waals surface area contributed by atoms with Gasteiger partial charge in [0.25, 0.3) is 0 Å². The van der Waals surface area contributed by atoms with E-state index in [9.17, 15) is 5.11 Å². The zero-order chi connectivity index (χ0) is 23.1. The molecular formula is C28H48N2O2. The fraction of sp³-hybridized carbons (Fsp3) is 0.750. The molecule has 182 valence electrons. The maximum Gasteiger partial charge on any atom is 0.189 e. The highest BCUT2D eigenvalue weighted by atomic mass is 16.5. The Hall–Kier alpha value is -1.57. The van der Waals surface area contributed by atoms with E-state index in [1.54, 1.807) is 12.1 Å². The number of nitrogens with zero attached hydrogens (tertiary/aromatic N) is 1. The summed E-state index contributed by atoms with van der Waals surface area (Å²) in [7, 11) is 0. The van der Waals surface area contributed by atoms with E-state index in [4.69, 9.17) is 11.3 Å². The van der Waals surface area contributed by atoms with Crippen LogP contribution in [0.2, 0.25) is 0 Å². The second-order valence-electron chi connectivity index (χ2n) is 9.06. The van der Waals surface area contributed by atoms with Crippen LogP contribution in [0.4, 0.5) is 11.4 Å².